The molecule has 0 aliphatic carbocycles. The molecule has 3 heterocycles. The second-order valence-corrected chi connectivity index (χ2v) is 7.76. The third-order valence-corrected chi connectivity index (χ3v) is 6.07. The van der Waals surface area contributed by atoms with Gasteiger partial charge in [0.1, 0.15) is 5.39 Å². The van der Waals surface area contributed by atoms with Crippen LogP contribution in [0.2, 0.25) is 5.02 Å². The molecule has 1 aliphatic heterocycles. The van der Waals surface area contributed by atoms with Gasteiger partial charge in [0.15, 0.2) is 5.82 Å². The summed E-state index contributed by atoms with van der Waals surface area (Å²) >= 11 is 7.73. The van der Waals surface area contributed by atoms with Crippen molar-refractivity contribution in [1.82, 2.24) is 14.8 Å². The molecule has 2 aromatic heterocycles. The van der Waals surface area contributed by atoms with Crippen LogP contribution in [0.3, 0.4) is 0 Å². The van der Waals surface area contributed by atoms with Crippen molar-refractivity contribution in [2.75, 3.05) is 24.8 Å². The molecule has 0 spiro atoms. The van der Waals surface area contributed by atoms with Crippen molar-refractivity contribution in [3.63, 3.8) is 0 Å². The van der Waals surface area contributed by atoms with Gasteiger partial charge in [-0.25, -0.2) is 0 Å². The van der Waals surface area contributed by atoms with Gasteiger partial charge >= 0.3 is 0 Å². The fourth-order valence-electron chi connectivity index (χ4n) is 3.43. The van der Waals surface area contributed by atoms with Gasteiger partial charge in [-0.1, -0.05) is 11.6 Å². The summed E-state index contributed by atoms with van der Waals surface area (Å²) in [5.74, 6) is 0.219. The minimum atomic E-state index is -0.245. The Morgan fingerprint density at radius 3 is 3.11 bits per heavy atom. The maximum Gasteiger partial charge on any atom is 0.261 e. The first-order valence-electron chi connectivity index (χ1n) is 8.80. The molecule has 2 N–H and O–H groups in total. The van der Waals surface area contributed by atoms with Crippen LogP contribution in [0.1, 0.15) is 12.5 Å². The lowest BCUT2D eigenvalue weighted by Crippen LogP contribution is -2.30. The summed E-state index contributed by atoms with van der Waals surface area (Å²) in [6.07, 6.45) is 4.18. The predicted octanol–water partition coefficient (Wildman–Crippen LogP) is 3.94. The van der Waals surface area contributed by atoms with Gasteiger partial charge in [-0.2, -0.15) is 10.4 Å². The van der Waals surface area contributed by atoms with Crippen LogP contribution in [0.15, 0.2) is 40.2 Å². The molecule has 0 amide bonds. The van der Waals surface area contributed by atoms with Crippen molar-refractivity contribution in [1.29, 1.82) is 5.26 Å². The van der Waals surface area contributed by atoms with E-state index in [4.69, 9.17) is 16.3 Å². The van der Waals surface area contributed by atoms with Crippen LogP contribution < -0.4 is 10.9 Å². The molecular formula is C19H18ClN5O2S. The molecule has 0 saturated carbocycles. The van der Waals surface area contributed by atoms with Gasteiger partial charge in [-0.15, -0.1) is 11.8 Å². The van der Waals surface area contributed by atoms with E-state index in [-0.39, 0.29) is 17.5 Å². The fourth-order valence-corrected chi connectivity index (χ4v) is 4.29. The second-order valence-electron chi connectivity index (χ2n) is 6.50. The van der Waals surface area contributed by atoms with E-state index in [0.29, 0.717) is 41.4 Å². The zero-order chi connectivity index (χ0) is 19.7. The SMILES string of the molecule is CSc1cc(Nc2nn(C3COCCC3C#N)c3cc[nH]c(=O)c23)ccc1Cl. The van der Waals surface area contributed by atoms with E-state index >= 15 is 0 Å². The van der Waals surface area contributed by atoms with Crippen LogP contribution >= 0.6 is 23.4 Å². The molecule has 3 aromatic rings. The Morgan fingerprint density at radius 2 is 2.32 bits per heavy atom. The molecule has 1 aromatic carbocycles. The molecule has 4 rings (SSSR count). The Balaban J connectivity index is 1.81. The van der Waals surface area contributed by atoms with Gasteiger partial charge < -0.3 is 15.0 Å². The third kappa shape index (κ3) is 3.37. The van der Waals surface area contributed by atoms with Gasteiger partial charge in [-0.05, 0) is 36.9 Å². The van der Waals surface area contributed by atoms with Gasteiger partial charge in [0, 0.05) is 23.4 Å². The summed E-state index contributed by atoms with van der Waals surface area (Å²) < 4.78 is 7.32. The Hall–Kier alpha value is -2.47. The Morgan fingerprint density at radius 1 is 1.46 bits per heavy atom. The molecule has 7 nitrogen and oxygen atoms in total. The van der Waals surface area contributed by atoms with Crippen LogP contribution in [0.5, 0.6) is 0 Å². The topological polar surface area (TPSA) is 95.7 Å². The molecule has 2 atom stereocenters. The molecule has 0 bridgehead atoms. The minimum Gasteiger partial charge on any atom is -0.379 e. The smallest absolute Gasteiger partial charge is 0.261 e. The number of hydrogen-bond acceptors (Lipinski definition) is 6. The molecule has 1 saturated heterocycles. The highest BCUT2D eigenvalue weighted by Gasteiger charge is 2.30. The van der Waals surface area contributed by atoms with E-state index in [1.807, 2.05) is 18.4 Å². The van der Waals surface area contributed by atoms with Crippen LogP contribution in [0.4, 0.5) is 11.5 Å². The Kier molecular flexibility index (Phi) is 5.31. The molecule has 2 unspecified atom stereocenters. The lowest BCUT2D eigenvalue weighted by molar-refractivity contribution is 0.0359. The van der Waals surface area contributed by atoms with E-state index < -0.39 is 0 Å². The summed E-state index contributed by atoms with van der Waals surface area (Å²) in [5.41, 5.74) is 1.21. The van der Waals surface area contributed by atoms with E-state index in [1.165, 1.54) is 0 Å². The highest BCUT2D eigenvalue weighted by Crippen LogP contribution is 2.33. The van der Waals surface area contributed by atoms with Crippen molar-refractivity contribution in [3.8, 4) is 6.07 Å². The highest BCUT2D eigenvalue weighted by molar-refractivity contribution is 7.98. The summed E-state index contributed by atoms with van der Waals surface area (Å²) in [5, 5.41) is 18.5. The first-order chi connectivity index (χ1) is 13.6. The van der Waals surface area contributed by atoms with Crippen molar-refractivity contribution in [3.05, 3.63) is 45.8 Å². The largest absolute Gasteiger partial charge is 0.379 e. The number of nitriles is 1. The number of nitrogens with one attached hydrogen (secondary N) is 2. The number of thioether (sulfide) groups is 1. The van der Waals surface area contributed by atoms with Gasteiger partial charge in [-0.3, -0.25) is 9.48 Å². The second kappa shape index (κ2) is 7.87. The van der Waals surface area contributed by atoms with Crippen molar-refractivity contribution >= 4 is 45.8 Å². The number of aromatic amines is 1. The number of pyridine rings is 1. The average molecular weight is 416 g/mol. The van der Waals surface area contributed by atoms with E-state index in [9.17, 15) is 10.1 Å². The standard InChI is InChI=1S/C19H18ClN5O2S/c1-28-16-8-12(2-3-13(16)20)23-18-17-14(4-6-22-19(17)26)25(24-18)15-10-27-7-5-11(15)9-21/h2-4,6,8,11,15H,5,7,10H2,1H3,(H,22,26)(H,23,24). The van der Waals surface area contributed by atoms with Crippen molar-refractivity contribution < 1.29 is 4.74 Å². The quantitative estimate of drug-likeness (QED) is 0.626. The molecular weight excluding hydrogens is 398 g/mol. The lowest BCUT2D eigenvalue weighted by atomic mass is 9.96. The summed E-state index contributed by atoms with van der Waals surface area (Å²) in [7, 11) is 0. The maximum atomic E-state index is 12.5. The summed E-state index contributed by atoms with van der Waals surface area (Å²) in [6.45, 7) is 0.945. The lowest BCUT2D eigenvalue weighted by Gasteiger charge is -2.27. The number of hydrogen-bond donors (Lipinski definition) is 2. The maximum absolute atomic E-state index is 12.5. The van der Waals surface area contributed by atoms with Crippen LogP contribution in [0.25, 0.3) is 10.9 Å². The highest BCUT2D eigenvalue weighted by atomic mass is 35.5. The van der Waals surface area contributed by atoms with Crippen molar-refractivity contribution in [2.45, 2.75) is 17.4 Å². The zero-order valence-corrected chi connectivity index (χ0v) is 16.7. The third-order valence-electron chi connectivity index (χ3n) is 4.85. The van der Waals surface area contributed by atoms with Gasteiger partial charge in [0.2, 0.25) is 0 Å². The average Bonchev–Trinajstić information content (AvgIpc) is 3.08. The minimum absolute atomic E-state index is 0.220. The van der Waals surface area contributed by atoms with Crippen LogP contribution in [-0.4, -0.2) is 34.2 Å². The van der Waals surface area contributed by atoms with E-state index in [2.05, 4.69) is 21.5 Å². The Labute approximate surface area is 170 Å². The van der Waals surface area contributed by atoms with Gasteiger partial charge in [0.25, 0.3) is 5.56 Å². The Bertz CT molecular complexity index is 1120. The van der Waals surface area contributed by atoms with Crippen molar-refractivity contribution in [2.24, 2.45) is 5.92 Å². The molecule has 144 valence electrons. The first kappa shape index (κ1) is 18.9. The van der Waals surface area contributed by atoms with Crippen LogP contribution in [-0.2, 0) is 4.74 Å². The fraction of sp³-hybridized carbons (Fsp3) is 0.316. The number of aromatic nitrogens is 3. The first-order valence-corrected chi connectivity index (χ1v) is 10.4. The number of rotatable bonds is 4. The summed E-state index contributed by atoms with van der Waals surface area (Å²) in [4.78, 5) is 16.2. The molecule has 28 heavy (non-hydrogen) atoms. The normalized spacial score (nSPS) is 19.5. The molecule has 1 aliphatic rings. The number of H-pyrrole nitrogens is 1. The molecule has 0 radical (unpaired) electrons. The monoisotopic (exact) mass is 415 g/mol. The number of anilines is 2. The number of fused-ring (bicyclic) bond motifs is 1. The zero-order valence-electron chi connectivity index (χ0n) is 15.1. The van der Waals surface area contributed by atoms with Gasteiger partial charge in [0.05, 0.1) is 35.2 Å². The summed E-state index contributed by atoms with van der Waals surface area (Å²) in [6, 6.07) is 9.46. The van der Waals surface area contributed by atoms with E-state index in [1.54, 1.807) is 34.8 Å². The number of nitrogens with zero attached hydrogens (tertiary/aromatic N) is 3. The number of benzene rings is 1. The number of halogens is 1. The van der Waals surface area contributed by atoms with Crippen LogP contribution in [0, 0.1) is 17.2 Å². The van der Waals surface area contributed by atoms with E-state index in [0.717, 1.165) is 10.6 Å². The number of ether oxygens (including phenoxy) is 1. The molecule has 9 heteroatoms. The predicted molar refractivity (Wildman–Crippen MR) is 110 cm³/mol. The molecule has 1 fully saturated rings.